The van der Waals surface area contributed by atoms with Crippen LogP contribution in [0.4, 0.5) is 5.69 Å². The molecule has 27 heavy (non-hydrogen) atoms. The lowest BCUT2D eigenvalue weighted by Crippen LogP contribution is -2.35. The van der Waals surface area contributed by atoms with Gasteiger partial charge in [0.25, 0.3) is 5.91 Å². The predicted molar refractivity (Wildman–Crippen MR) is 105 cm³/mol. The highest BCUT2D eigenvalue weighted by atomic mass is 16.8. The first-order valence-corrected chi connectivity index (χ1v) is 9.31. The van der Waals surface area contributed by atoms with Crippen molar-refractivity contribution in [1.82, 2.24) is 4.98 Å². The Morgan fingerprint density at radius 2 is 1.96 bits per heavy atom. The van der Waals surface area contributed by atoms with Gasteiger partial charge in [-0.3, -0.25) is 4.79 Å². The van der Waals surface area contributed by atoms with Crippen LogP contribution in [0.2, 0.25) is 0 Å². The third-order valence-corrected chi connectivity index (χ3v) is 5.11. The first kappa shape index (κ1) is 16.3. The van der Waals surface area contributed by atoms with Crippen LogP contribution in [-0.4, -0.2) is 23.8 Å². The number of fused-ring (bicyclic) bond motifs is 2. The van der Waals surface area contributed by atoms with Crippen molar-refractivity contribution in [2.45, 2.75) is 25.6 Å². The van der Waals surface area contributed by atoms with Crippen LogP contribution in [0.5, 0.6) is 0 Å². The van der Waals surface area contributed by atoms with Crippen molar-refractivity contribution >= 4 is 34.1 Å². The van der Waals surface area contributed by atoms with E-state index in [0.29, 0.717) is 12.2 Å². The van der Waals surface area contributed by atoms with Gasteiger partial charge in [-0.15, -0.1) is 0 Å². The predicted octanol–water partition coefficient (Wildman–Crippen LogP) is 4.51. The molecule has 0 bridgehead atoms. The third kappa shape index (κ3) is 2.85. The number of hydrogen-bond acceptors (Lipinski definition) is 3. The average molecular weight is 360 g/mol. The number of carbonyl (C=O) groups excluding carboxylic acids is 1. The number of anilines is 1. The van der Waals surface area contributed by atoms with E-state index in [1.54, 1.807) is 0 Å². The Morgan fingerprint density at radius 1 is 1.11 bits per heavy atom. The van der Waals surface area contributed by atoms with E-state index in [4.69, 9.17) is 9.57 Å². The van der Waals surface area contributed by atoms with Crippen molar-refractivity contribution < 1.29 is 14.4 Å². The molecule has 2 aromatic carbocycles. The van der Waals surface area contributed by atoms with Gasteiger partial charge in [0, 0.05) is 41.3 Å². The van der Waals surface area contributed by atoms with Crippen molar-refractivity contribution in [3.8, 4) is 0 Å². The smallest absolute Gasteiger partial charge is 0.283 e. The van der Waals surface area contributed by atoms with Gasteiger partial charge >= 0.3 is 0 Å². The second-order valence-electron chi connectivity index (χ2n) is 6.87. The monoisotopic (exact) mass is 360 g/mol. The van der Waals surface area contributed by atoms with Crippen molar-refractivity contribution in [2.75, 3.05) is 11.7 Å². The lowest BCUT2D eigenvalue weighted by Gasteiger charge is -2.26. The molecular formula is C22H20N2O3. The summed E-state index contributed by atoms with van der Waals surface area (Å²) in [6, 6.07) is 15.8. The molecule has 1 unspecified atom stereocenters. The number of ether oxygens (including phenoxy) is 1. The summed E-state index contributed by atoms with van der Waals surface area (Å²) in [6.45, 7) is 0.673. The van der Waals surface area contributed by atoms with Gasteiger partial charge in [0.2, 0.25) is 0 Å². The zero-order chi connectivity index (χ0) is 18.2. The zero-order valence-electron chi connectivity index (χ0n) is 14.9. The Hall–Kier alpha value is -2.89. The Morgan fingerprint density at radius 3 is 2.85 bits per heavy atom. The standard InChI is InChI=1S/C22H20N2O3/c25-22-18(13-15-14-23-19-9-3-1-7-16(15)19)17-8-2-4-10-20(17)24(22)27-21-11-5-6-12-26-21/h1-4,7-10,13-14,21,23H,5-6,11-12H2/b18-13-. The largest absolute Gasteiger partial charge is 0.361 e. The summed E-state index contributed by atoms with van der Waals surface area (Å²) in [5.41, 5.74) is 4.31. The van der Waals surface area contributed by atoms with Crippen LogP contribution in [0.3, 0.4) is 0 Å². The summed E-state index contributed by atoms with van der Waals surface area (Å²) >= 11 is 0. The van der Waals surface area contributed by atoms with Gasteiger partial charge < -0.3 is 9.72 Å². The molecule has 1 N–H and O–H groups in total. The van der Waals surface area contributed by atoms with E-state index in [9.17, 15) is 4.79 Å². The van der Waals surface area contributed by atoms with Crippen LogP contribution in [0.25, 0.3) is 22.6 Å². The van der Waals surface area contributed by atoms with Crippen LogP contribution < -0.4 is 5.06 Å². The highest BCUT2D eigenvalue weighted by molar-refractivity contribution is 6.35. The summed E-state index contributed by atoms with van der Waals surface area (Å²) in [7, 11) is 0. The molecule has 2 aliphatic heterocycles. The topological polar surface area (TPSA) is 54.6 Å². The van der Waals surface area contributed by atoms with Crippen LogP contribution >= 0.6 is 0 Å². The lowest BCUT2D eigenvalue weighted by atomic mass is 10.0. The fraction of sp³-hybridized carbons (Fsp3) is 0.227. The van der Waals surface area contributed by atoms with Gasteiger partial charge in [0.05, 0.1) is 11.3 Å². The number of hydrogen-bond donors (Lipinski definition) is 1. The van der Waals surface area contributed by atoms with Crippen molar-refractivity contribution in [2.24, 2.45) is 0 Å². The number of H-pyrrole nitrogens is 1. The minimum atomic E-state index is -0.372. The quantitative estimate of drug-likeness (QED) is 0.699. The number of para-hydroxylation sites is 2. The first-order chi connectivity index (χ1) is 13.3. The maximum absolute atomic E-state index is 13.2. The first-order valence-electron chi connectivity index (χ1n) is 9.31. The van der Waals surface area contributed by atoms with E-state index >= 15 is 0 Å². The number of carbonyl (C=O) groups is 1. The van der Waals surface area contributed by atoms with Gasteiger partial charge in [-0.25, -0.2) is 4.84 Å². The molecule has 5 rings (SSSR count). The van der Waals surface area contributed by atoms with Gasteiger partial charge in [-0.1, -0.05) is 36.4 Å². The lowest BCUT2D eigenvalue weighted by molar-refractivity contribution is -0.174. The number of aromatic nitrogens is 1. The summed E-state index contributed by atoms with van der Waals surface area (Å²) in [5.74, 6) is -0.157. The second kappa shape index (κ2) is 6.68. The molecule has 0 aliphatic carbocycles. The number of aromatic amines is 1. The average Bonchev–Trinajstić information content (AvgIpc) is 3.24. The fourth-order valence-electron chi connectivity index (χ4n) is 3.74. The molecule has 5 heteroatoms. The molecule has 1 atom stereocenters. The van der Waals surface area contributed by atoms with Crippen molar-refractivity contribution in [3.63, 3.8) is 0 Å². The molecule has 0 spiro atoms. The number of amides is 1. The van der Waals surface area contributed by atoms with Gasteiger partial charge in [0.15, 0.2) is 6.29 Å². The van der Waals surface area contributed by atoms with E-state index < -0.39 is 0 Å². The summed E-state index contributed by atoms with van der Waals surface area (Å²) in [4.78, 5) is 22.4. The molecule has 1 amide bonds. The number of nitrogens with one attached hydrogen (secondary N) is 1. The Balaban J connectivity index is 1.54. The highest BCUT2D eigenvalue weighted by Gasteiger charge is 2.35. The number of benzene rings is 2. The molecule has 5 nitrogen and oxygen atoms in total. The van der Waals surface area contributed by atoms with E-state index in [0.717, 1.165) is 47.0 Å². The molecule has 1 fully saturated rings. The van der Waals surface area contributed by atoms with Crippen LogP contribution in [0.1, 0.15) is 30.4 Å². The van der Waals surface area contributed by atoms with Crippen LogP contribution in [0.15, 0.2) is 54.7 Å². The number of rotatable bonds is 3. The molecule has 136 valence electrons. The van der Waals surface area contributed by atoms with Gasteiger partial charge in [0.1, 0.15) is 0 Å². The minimum Gasteiger partial charge on any atom is -0.361 e. The zero-order valence-corrected chi connectivity index (χ0v) is 14.9. The normalized spacial score (nSPS) is 21.2. The van der Waals surface area contributed by atoms with E-state index in [1.165, 1.54) is 5.06 Å². The Labute approximate surface area is 157 Å². The SMILES string of the molecule is O=C1/C(=C\c2c[nH]c3ccccc23)c2ccccc2N1OC1CCCCO1. The maximum Gasteiger partial charge on any atom is 0.283 e. The minimum absolute atomic E-state index is 0.157. The third-order valence-electron chi connectivity index (χ3n) is 5.11. The summed E-state index contributed by atoms with van der Waals surface area (Å²) in [6.07, 6.45) is 6.38. The highest BCUT2D eigenvalue weighted by Crippen LogP contribution is 2.39. The van der Waals surface area contributed by atoms with Gasteiger partial charge in [-0.2, -0.15) is 5.06 Å². The molecule has 3 aromatic rings. The molecule has 2 aliphatic rings. The molecule has 0 saturated carbocycles. The van der Waals surface area contributed by atoms with Crippen molar-refractivity contribution in [1.29, 1.82) is 0 Å². The van der Waals surface area contributed by atoms with Crippen LogP contribution in [-0.2, 0) is 14.4 Å². The van der Waals surface area contributed by atoms with Gasteiger partial charge in [-0.05, 0) is 31.1 Å². The Kier molecular flexibility index (Phi) is 4.03. The molecular weight excluding hydrogens is 340 g/mol. The summed E-state index contributed by atoms with van der Waals surface area (Å²) in [5, 5.41) is 2.48. The fourth-order valence-corrected chi connectivity index (χ4v) is 3.74. The molecule has 1 saturated heterocycles. The summed E-state index contributed by atoms with van der Waals surface area (Å²) < 4.78 is 5.66. The van der Waals surface area contributed by atoms with E-state index in [1.807, 2.05) is 60.8 Å². The maximum atomic E-state index is 13.2. The van der Waals surface area contributed by atoms with E-state index in [2.05, 4.69) is 4.98 Å². The number of hydroxylamine groups is 1. The molecule has 1 aromatic heterocycles. The number of nitrogens with zero attached hydrogens (tertiary/aromatic N) is 1. The molecule has 3 heterocycles. The molecule has 0 radical (unpaired) electrons. The Bertz CT molecular complexity index is 1030. The van der Waals surface area contributed by atoms with E-state index in [-0.39, 0.29) is 12.2 Å². The van der Waals surface area contributed by atoms with Crippen molar-refractivity contribution in [3.05, 3.63) is 65.9 Å². The van der Waals surface area contributed by atoms with Crippen LogP contribution in [0, 0.1) is 0 Å². The second-order valence-corrected chi connectivity index (χ2v) is 6.87.